The van der Waals surface area contributed by atoms with Gasteiger partial charge in [-0.3, -0.25) is 9.69 Å². The number of ether oxygens (including phenoxy) is 1. The molecule has 0 radical (unpaired) electrons. The first-order valence-electron chi connectivity index (χ1n) is 9.25. The number of methoxy groups -OCH3 is 1. The van der Waals surface area contributed by atoms with Crippen LogP contribution in [-0.4, -0.2) is 30.5 Å². The van der Waals surface area contributed by atoms with Crippen molar-refractivity contribution in [2.24, 2.45) is 0 Å². The Bertz CT molecular complexity index is 1050. The van der Waals surface area contributed by atoms with Gasteiger partial charge < -0.3 is 9.64 Å². The number of rotatable bonds is 3. The van der Waals surface area contributed by atoms with Crippen molar-refractivity contribution in [2.45, 2.75) is 19.3 Å². The van der Waals surface area contributed by atoms with Crippen LogP contribution in [0.4, 0.5) is 5.69 Å². The third-order valence-corrected chi connectivity index (χ3v) is 6.95. The molecule has 29 heavy (non-hydrogen) atoms. The molecule has 1 unspecified atom stereocenters. The number of thioether (sulfide) groups is 1. The first-order valence-corrected chi connectivity index (χ1v) is 10.6. The Labute approximate surface area is 179 Å². The molecule has 2 aromatic rings. The van der Waals surface area contributed by atoms with Gasteiger partial charge >= 0.3 is 0 Å². The first kappa shape index (κ1) is 19.7. The zero-order valence-corrected chi connectivity index (χ0v) is 17.8. The van der Waals surface area contributed by atoms with E-state index in [9.17, 15) is 10.1 Å². The molecule has 2 aliphatic rings. The average molecular weight is 426 g/mol. The van der Waals surface area contributed by atoms with E-state index in [1.165, 1.54) is 11.8 Å². The highest BCUT2D eigenvalue weighted by Crippen LogP contribution is 2.45. The van der Waals surface area contributed by atoms with Crippen LogP contribution in [0, 0.1) is 18.3 Å². The Hall–Kier alpha value is -2.62. The Morgan fingerprint density at radius 2 is 2.03 bits per heavy atom. The smallest absolute Gasteiger partial charge is 0.229 e. The molecule has 5 nitrogen and oxygen atoms in total. The average Bonchev–Trinajstić information content (AvgIpc) is 2.75. The summed E-state index contributed by atoms with van der Waals surface area (Å²) in [5, 5.41) is 11.4. The molecule has 1 fully saturated rings. The number of fused-ring (bicyclic) bond motifs is 1. The minimum Gasteiger partial charge on any atom is -0.496 e. The summed E-state index contributed by atoms with van der Waals surface area (Å²) in [5.74, 6) is 1.06. The van der Waals surface area contributed by atoms with E-state index >= 15 is 0 Å². The molecule has 0 N–H and O–H groups in total. The van der Waals surface area contributed by atoms with Crippen LogP contribution in [-0.2, 0) is 4.79 Å². The van der Waals surface area contributed by atoms with Crippen molar-refractivity contribution in [1.29, 1.82) is 5.26 Å². The van der Waals surface area contributed by atoms with E-state index in [2.05, 4.69) is 11.0 Å². The van der Waals surface area contributed by atoms with Gasteiger partial charge in [0.15, 0.2) is 0 Å². The number of allylic oxidation sites excluding steroid dienone is 1. The van der Waals surface area contributed by atoms with E-state index in [0.717, 1.165) is 21.8 Å². The van der Waals surface area contributed by atoms with Gasteiger partial charge in [-0.15, -0.1) is 0 Å². The normalized spacial score (nSPS) is 19.1. The number of para-hydroxylation sites is 1. The SMILES string of the molecule is COc1ccccc1C1CC(=O)N2CN(c3cccc(Cl)c3C)CSC2=C1C#N. The van der Waals surface area contributed by atoms with Crippen LogP contribution in [0.2, 0.25) is 5.02 Å². The van der Waals surface area contributed by atoms with Crippen molar-refractivity contribution >= 4 is 35.0 Å². The van der Waals surface area contributed by atoms with Crippen molar-refractivity contribution < 1.29 is 9.53 Å². The summed E-state index contributed by atoms with van der Waals surface area (Å²) in [7, 11) is 1.61. The van der Waals surface area contributed by atoms with Crippen LogP contribution in [0.3, 0.4) is 0 Å². The van der Waals surface area contributed by atoms with Gasteiger partial charge in [0.25, 0.3) is 0 Å². The van der Waals surface area contributed by atoms with Crippen LogP contribution in [0.25, 0.3) is 0 Å². The van der Waals surface area contributed by atoms with Crippen LogP contribution in [0.15, 0.2) is 53.1 Å². The predicted octanol–water partition coefficient (Wildman–Crippen LogP) is 4.88. The second-order valence-corrected chi connectivity index (χ2v) is 8.33. The van der Waals surface area contributed by atoms with Crippen LogP contribution in [0.1, 0.15) is 23.5 Å². The van der Waals surface area contributed by atoms with Crippen LogP contribution in [0.5, 0.6) is 5.75 Å². The topological polar surface area (TPSA) is 56.6 Å². The van der Waals surface area contributed by atoms with E-state index in [4.69, 9.17) is 16.3 Å². The molecule has 1 saturated heterocycles. The molecular formula is C22H20ClN3O2S. The van der Waals surface area contributed by atoms with Gasteiger partial charge in [0.2, 0.25) is 5.91 Å². The van der Waals surface area contributed by atoms with Crippen molar-refractivity contribution in [3.63, 3.8) is 0 Å². The summed E-state index contributed by atoms with van der Waals surface area (Å²) < 4.78 is 5.48. The standard InChI is InChI=1S/C22H20ClN3O2S/c1-14-18(23)7-5-8-19(14)25-12-26-21(27)10-16(17(11-24)22(26)29-13-25)15-6-3-4-9-20(15)28-2/h3-9,16H,10,12-13H2,1-2H3. The molecular weight excluding hydrogens is 406 g/mol. The number of halogens is 1. The van der Waals surface area contributed by atoms with Gasteiger partial charge in [-0.25, -0.2) is 0 Å². The Balaban J connectivity index is 1.71. The van der Waals surface area contributed by atoms with Gasteiger partial charge in [-0.2, -0.15) is 5.26 Å². The number of benzene rings is 2. The highest BCUT2D eigenvalue weighted by Gasteiger charge is 2.39. The zero-order chi connectivity index (χ0) is 20.5. The van der Waals surface area contributed by atoms with Gasteiger partial charge in [-0.05, 0) is 30.7 Å². The molecule has 0 aromatic heterocycles. The number of amides is 1. The number of nitrogens with zero attached hydrogens (tertiary/aromatic N) is 3. The number of carbonyl (C=O) groups is 1. The highest BCUT2D eigenvalue weighted by atomic mass is 35.5. The second kappa shape index (κ2) is 8.02. The number of anilines is 1. The van der Waals surface area contributed by atoms with Crippen molar-refractivity contribution in [2.75, 3.05) is 24.6 Å². The van der Waals surface area contributed by atoms with E-state index in [0.29, 0.717) is 28.9 Å². The Kier molecular flexibility index (Phi) is 5.44. The molecule has 2 aromatic carbocycles. The lowest BCUT2D eigenvalue weighted by Crippen LogP contribution is -2.47. The lowest BCUT2D eigenvalue weighted by Gasteiger charge is -2.42. The third-order valence-electron chi connectivity index (χ3n) is 5.39. The summed E-state index contributed by atoms with van der Waals surface area (Å²) in [4.78, 5) is 16.9. The lowest BCUT2D eigenvalue weighted by molar-refractivity contribution is -0.129. The Morgan fingerprint density at radius 1 is 1.24 bits per heavy atom. The Morgan fingerprint density at radius 3 is 2.79 bits per heavy atom. The summed E-state index contributed by atoms with van der Waals surface area (Å²) in [6.07, 6.45) is 0.246. The number of hydrogen-bond acceptors (Lipinski definition) is 5. The number of carbonyl (C=O) groups excluding carboxylic acids is 1. The van der Waals surface area contributed by atoms with Crippen molar-refractivity contribution in [1.82, 2.24) is 4.90 Å². The molecule has 0 bridgehead atoms. The fraction of sp³-hybridized carbons (Fsp3) is 0.273. The quantitative estimate of drug-likeness (QED) is 0.701. The van der Waals surface area contributed by atoms with E-state index < -0.39 is 0 Å². The van der Waals surface area contributed by atoms with Gasteiger partial charge in [0.1, 0.15) is 5.75 Å². The number of nitriles is 1. The number of hydrogen-bond donors (Lipinski definition) is 0. The first-order chi connectivity index (χ1) is 14.0. The van der Waals surface area contributed by atoms with E-state index in [1.54, 1.807) is 12.0 Å². The van der Waals surface area contributed by atoms with Gasteiger partial charge in [-0.1, -0.05) is 47.6 Å². The molecule has 1 atom stereocenters. The van der Waals surface area contributed by atoms with Crippen molar-refractivity contribution in [3.8, 4) is 11.8 Å². The van der Waals surface area contributed by atoms with E-state index in [1.807, 2.05) is 49.4 Å². The molecule has 148 valence electrons. The molecule has 2 aliphatic heterocycles. The largest absolute Gasteiger partial charge is 0.496 e. The summed E-state index contributed by atoms with van der Waals surface area (Å²) >= 11 is 7.80. The maximum Gasteiger partial charge on any atom is 0.229 e. The fourth-order valence-corrected chi connectivity index (χ4v) is 5.20. The maximum atomic E-state index is 13.1. The van der Waals surface area contributed by atoms with Gasteiger partial charge in [0.05, 0.1) is 36.3 Å². The van der Waals surface area contributed by atoms with Gasteiger partial charge in [0, 0.05) is 28.6 Å². The highest BCUT2D eigenvalue weighted by molar-refractivity contribution is 8.03. The molecule has 1 amide bonds. The lowest BCUT2D eigenvalue weighted by atomic mass is 9.86. The molecule has 0 saturated carbocycles. The summed E-state index contributed by atoms with van der Waals surface area (Å²) in [6.45, 7) is 2.39. The molecule has 7 heteroatoms. The molecule has 4 rings (SSSR count). The molecule has 2 heterocycles. The summed E-state index contributed by atoms with van der Waals surface area (Å²) in [5.41, 5.74) is 3.49. The summed E-state index contributed by atoms with van der Waals surface area (Å²) in [6, 6.07) is 15.7. The maximum absolute atomic E-state index is 13.1. The second-order valence-electron chi connectivity index (χ2n) is 6.99. The molecule has 0 spiro atoms. The molecule has 0 aliphatic carbocycles. The monoisotopic (exact) mass is 425 g/mol. The third kappa shape index (κ3) is 3.45. The minimum absolute atomic E-state index is 0.00628. The van der Waals surface area contributed by atoms with E-state index in [-0.39, 0.29) is 18.2 Å². The fourth-order valence-electron chi connectivity index (χ4n) is 3.87. The zero-order valence-electron chi connectivity index (χ0n) is 16.2. The predicted molar refractivity (Wildman–Crippen MR) is 116 cm³/mol. The minimum atomic E-state index is -0.290. The van der Waals surface area contributed by atoms with Crippen LogP contribution >= 0.6 is 23.4 Å². The van der Waals surface area contributed by atoms with Crippen LogP contribution < -0.4 is 9.64 Å². The van der Waals surface area contributed by atoms with Crippen molar-refractivity contribution in [3.05, 3.63) is 69.2 Å².